The minimum Gasteiger partial charge on any atom is -0.379 e. The molecule has 0 radical (unpaired) electrons. The molecule has 1 aliphatic rings. The minimum atomic E-state index is 0. The average Bonchev–Trinajstić information content (AvgIpc) is 3.12. The number of aliphatic imine (C=N–C) groups is 1. The molecule has 0 spiro atoms. The highest BCUT2D eigenvalue weighted by Gasteiger charge is 2.17. The molecule has 0 amide bonds. The van der Waals surface area contributed by atoms with Gasteiger partial charge in [0.05, 0.1) is 19.3 Å². The van der Waals surface area contributed by atoms with E-state index in [1.54, 1.807) is 0 Å². The number of ether oxygens (including phenoxy) is 2. The monoisotopic (exact) mass is 498 g/mol. The van der Waals surface area contributed by atoms with Crippen molar-refractivity contribution in [3.63, 3.8) is 0 Å². The molecule has 0 bridgehead atoms. The Bertz CT molecular complexity index is 373. The largest absolute Gasteiger partial charge is 0.379 e. The van der Waals surface area contributed by atoms with Crippen molar-refractivity contribution in [2.24, 2.45) is 10.9 Å². The van der Waals surface area contributed by atoms with E-state index in [4.69, 9.17) is 14.5 Å². The molecule has 0 aliphatic carbocycles. The first-order chi connectivity index (χ1) is 12.6. The zero-order chi connectivity index (χ0) is 19.2. The van der Waals surface area contributed by atoms with Gasteiger partial charge in [0.15, 0.2) is 5.96 Å². The number of nitrogens with zero attached hydrogens (tertiary/aromatic N) is 2. The van der Waals surface area contributed by atoms with E-state index < -0.39 is 0 Å². The van der Waals surface area contributed by atoms with E-state index in [-0.39, 0.29) is 24.0 Å². The molecule has 1 aliphatic heterocycles. The van der Waals surface area contributed by atoms with E-state index in [0.29, 0.717) is 18.1 Å². The van der Waals surface area contributed by atoms with E-state index in [1.165, 1.54) is 6.42 Å². The van der Waals surface area contributed by atoms with Gasteiger partial charge < -0.3 is 20.1 Å². The second kappa shape index (κ2) is 16.8. The van der Waals surface area contributed by atoms with Crippen molar-refractivity contribution in [1.29, 1.82) is 0 Å². The van der Waals surface area contributed by atoms with E-state index in [0.717, 1.165) is 71.3 Å². The highest BCUT2D eigenvalue weighted by molar-refractivity contribution is 14.0. The van der Waals surface area contributed by atoms with Crippen LogP contribution < -0.4 is 10.6 Å². The highest BCUT2D eigenvalue weighted by atomic mass is 127. The summed E-state index contributed by atoms with van der Waals surface area (Å²) in [5.41, 5.74) is 0. The number of hydrogen-bond donors (Lipinski definition) is 2. The Balaban J connectivity index is 0.00000676. The second-order valence-electron chi connectivity index (χ2n) is 7.36. The van der Waals surface area contributed by atoms with Crippen molar-refractivity contribution in [3.05, 3.63) is 0 Å². The second-order valence-corrected chi connectivity index (χ2v) is 7.36. The fourth-order valence-corrected chi connectivity index (χ4v) is 3.33. The van der Waals surface area contributed by atoms with Gasteiger partial charge in [-0.1, -0.05) is 27.7 Å². The Labute approximate surface area is 184 Å². The van der Waals surface area contributed by atoms with Gasteiger partial charge in [-0.15, -0.1) is 24.0 Å². The van der Waals surface area contributed by atoms with Crippen LogP contribution >= 0.6 is 24.0 Å². The van der Waals surface area contributed by atoms with Crippen LogP contribution in [0.3, 0.4) is 0 Å². The minimum absolute atomic E-state index is 0. The number of halogens is 1. The van der Waals surface area contributed by atoms with Crippen LogP contribution in [-0.2, 0) is 9.47 Å². The maximum absolute atomic E-state index is 5.82. The molecule has 1 heterocycles. The zero-order valence-electron chi connectivity index (χ0n) is 18.1. The van der Waals surface area contributed by atoms with Crippen LogP contribution in [0.5, 0.6) is 0 Å². The molecule has 1 fully saturated rings. The van der Waals surface area contributed by atoms with Crippen LogP contribution in [0, 0.1) is 5.92 Å². The first-order valence-electron chi connectivity index (χ1n) is 10.6. The normalized spacial score (nSPS) is 18.6. The predicted octanol–water partition coefficient (Wildman–Crippen LogP) is 3.11. The maximum Gasteiger partial charge on any atom is 0.191 e. The maximum atomic E-state index is 5.82. The van der Waals surface area contributed by atoms with Crippen LogP contribution in [0.15, 0.2) is 4.99 Å². The summed E-state index contributed by atoms with van der Waals surface area (Å²) in [5.74, 6) is 1.60. The Morgan fingerprint density at radius 1 is 1.22 bits per heavy atom. The van der Waals surface area contributed by atoms with Crippen LogP contribution in [0.2, 0.25) is 0 Å². The van der Waals surface area contributed by atoms with Crippen molar-refractivity contribution in [2.45, 2.75) is 66.0 Å². The zero-order valence-corrected chi connectivity index (χ0v) is 20.5. The summed E-state index contributed by atoms with van der Waals surface area (Å²) in [4.78, 5) is 7.37. The molecule has 2 N–H and O–H groups in total. The Morgan fingerprint density at radius 2 is 1.96 bits per heavy atom. The molecule has 1 saturated heterocycles. The summed E-state index contributed by atoms with van der Waals surface area (Å²) in [7, 11) is 0. The SMILES string of the molecule is CCNC(=NCC(CC(C)C)N(CC)CC)NCCCOC1CCOC1.I. The van der Waals surface area contributed by atoms with Crippen molar-refractivity contribution in [1.82, 2.24) is 15.5 Å². The topological polar surface area (TPSA) is 58.1 Å². The Kier molecular flexibility index (Phi) is 16.7. The number of nitrogens with one attached hydrogen (secondary N) is 2. The summed E-state index contributed by atoms with van der Waals surface area (Å²) in [6.07, 6.45) is 3.48. The van der Waals surface area contributed by atoms with Gasteiger partial charge in [-0.3, -0.25) is 9.89 Å². The summed E-state index contributed by atoms with van der Waals surface area (Å²) < 4.78 is 11.1. The highest BCUT2D eigenvalue weighted by Crippen LogP contribution is 2.12. The van der Waals surface area contributed by atoms with Gasteiger partial charge in [-0.2, -0.15) is 0 Å². The molecule has 0 aromatic carbocycles. The van der Waals surface area contributed by atoms with Gasteiger partial charge in [0.2, 0.25) is 0 Å². The lowest BCUT2D eigenvalue weighted by Gasteiger charge is -2.30. The number of rotatable bonds is 13. The molecule has 0 aromatic heterocycles. The Hall–Kier alpha value is -0.120. The molecular formula is C20H43IN4O2. The molecule has 1 rings (SSSR count). The van der Waals surface area contributed by atoms with Crippen LogP contribution in [0.1, 0.15) is 53.9 Å². The molecule has 27 heavy (non-hydrogen) atoms. The molecule has 2 unspecified atom stereocenters. The molecule has 0 saturated carbocycles. The molecule has 7 heteroatoms. The number of hydrogen-bond acceptors (Lipinski definition) is 4. The van der Waals surface area contributed by atoms with E-state index in [9.17, 15) is 0 Å². The molecular weight excluding hydrogens is 455 g/mol. The van der Waals surface area contributed by atoms with E-state index in [1.807, 2.05) is 0 Å². The van der Waals surface area contributed by atoms with Crippen molar-refractivity contribution < 1.29 is 9.47 Å². The number of likely N-dealkylation sites (N-methyl/N-ethyl adjacent to an activating group) is 1. The van der Waals surface area contributed by atoms with E-state index in [2.05, 4.69) is 50.2 Å². The quantitative estimate of drug-likeness (QED) is 0.177. The fourth-order valence-electron chi connectivity index (χ4n) is 3.33. The van der Waals surface area contributed by atoms with Gasteiger partial charge in [0.1, 0.15) is 0 Å². The van der Waals surface area contributed by atoms with E-state index >= 15 is 0 Å². The summed E-state index contributed by atoms with van der Waals surface area (Å²) in [5, 5.41) is 6.80. The van der Waals surface area contributed by atoms with Crippen LogP contribution in [0.25, 0.3) is 0 Å². The lowest BCUT2D eigenvalue weighted by molar-refractivity contribution is 0.0420. The summed E-state index contributed by atoms with van der Waals surface area (Å²) in [6, 6.07) is 0.506. The standard InChI is InChI=1S/C20H42N4O2.HI/c1-6-21-20(22-11-9-12-26-19-10-13-25-16-19)23-15-18(14-17(4)5)24(7-2)8-3;/h17-19H,6-16H2,1-5H3,(H2,21,22,23);1H. The molecule has 6 nitrogen and oxygen atoms in total. The summed E-state index contributed by atoms with van der Waals surface area (Å²) in [6.45, 7) is 18.3. The van der Waals surface area contributed by atoms with Crippen molar-refractivity contribution >= 4 is 29.9 Å². The lowest BCUT2D eigenvalue weighted by Crippen LogP contribution is -2.42. The van der Waals surface area contributed by atoms with Gasteiger partial charge in [0, 0.05) is 32.3 Å². The third kappa shape index (κ3) is 12.1. The number of guanidine groups is 1. The Morgan fingerprint density at radius 3 is 2.52 bits per heavy atom. The van der Waals surface area contributed by atoms with Gasteiger partial charge >= 0.3 is 0 Å². The van der Waals surface area contributed by atoms with Crippen molar-refractivity contribution in [3.8, 4) is 0 Å². The third-order valence-corrected chi connectivity index (χ3v) is 4.73. The summed E-state index contributed by atoms with van der Waals surface area (Å²) >= 11 is 0. The van der Waals surface area contributed by atoms with Gasteiger partial charge in [0.25, 0.3) is 0 Å². The molecule has 2 atom stereocenters. The van der Waals surface area contributed by atoms with Gasteiger partial charge in [-0.25, -0.2) is 0 Å². The molecule has 0 aromatic rings. The first kappa shape index (κ1) is 26.9. The van der Waals surface area contributed by atoms with Crippen LogP contribution in [-0.4, -0.2) is 75.5 Å². The average molecular weight is 498 g/mol. The molecule has 162 valence electrons. The van der Waals surface area contributed by atoms with Crippen molar-refractivity contribution in [2.75, 3.05) is 52.5 Å². The predicted molar refractivity (Wildman–Crippen MR) is 125 cm³/mol. The van der Waals surface area contributed by atoms with Gasteiger partial charge in [-0.05, 0) is 45.2 Å². The van der Waals surface area contributed by atoms with Crippen LogP contribution in [0.4, 0.5) is 0 Å². The smallest absolute Gasteiger partial charge is 0.191 e. The lowest BCUT2D eigenvalue weighted by atomic mass is 10.0. The third-order valence-electron chi connectivity index (χ3n) is 4.73. The first-order valence-corrected chi connectivity index (χ1v) is 10.6. The fraction of sp³-hybridized carbons (Fsp3) is 0.950.